The highest BCUT2D eigenvalue weighted by atomic mass is 35.5. The molecule has 1 atom stereocenters. The van der Waals surface area contributed by atoms with Crippen molar-refractivity contribution >= 4 is 46.2 Å². The Hall–Kier alpha value is -0.976. The number of hydrogen-bond donors (Lipinski definition) is 0. The molecule has 0 aliphatic rings. The zero-order valence-corrected chi connectivity index (χ0v) is 22.2. The maximum Gasteiger partial charge on any atom is 0.226 e. The van der Waals surface area contributed by atoms with Crippen molar-refractivity contribution in [2.24, 2.45) is 0 Å². The molecule has 158 valence electrons. The van der Waals surface area contributed by atoms with E-state index in [1.54, 1.807) is 0 Å². The van der Waals surface area contributed by atoms with Crippen molar-refractivity contribution in [1.82, 2.24) is 0 Å². The second kappa shape index (κ2) is 9.03. The first-order valence-electron chi connectivity index (χ1n) is 9.85. The van der Waals surface area contributed by atoms with Gasteiger partial charge in [-0.1, -0.05) is 48.0 Å². The normalized spacial score (nSPS) is 14.5. The highest BCUT2D eigenvalue weighted by Crippen LogP contribution is 2.51. The van der Waals surface area contributed by atoms with Gasteiger partial charge >= 0.3 is 0 Å². The molecule has 0 amide bonds. The summed E-state index contributed by atoms with van der Waals surface area (Å²) in [6.45, 7) is 14.1. The second-order valence-corrected chi connectivity index (χ2v) is 21.7. The topological polar surface area (TPSA) is 43.4 Å². The monoisotopic (exact) mass is 466 g/mol. The molecule has 0 spiro atoms. The van der Waals surface area contributed by atoms with Crippen LogP contribution >= 0.6 is 18.7 Å². The number of carbonyl (C=O) groups excluding carboxylic acids is 1. The molecule has 0 N–H and O–H groups in total. The van der Waals surface area contributed by atoms with Gasteiger partial charge < -0.3 is 8.68 Å². The van der Waals surface area contributed by atoms with Gasteiger partial charge in [0.25, 0.3) is 0 Å². The first kappa shape index (κ1) is 24.3. The lowest BCUT2D eigenvalue weighted by molar-refractivity contribution is 0.107. The van der Waals surface area contributed by atoms with Gasteiger partial charge in [-0.2, -0.15) is 0 Å². The minimum absolute atomic E-state index is 0.256. The fourth-order valence-electron chi connectivity index (χ4n) is 3.99. The predicted octanol–water partition coefficient (Wildman–Crippen LogP) is 6.18. The summed E-state index contributed by atoms with van der Waals surface area (Å²) >= 11 is 6.13. The van der Waals surface area contributed by atoms with Gasteiger partial charge in [-0.25, -0.2) is 0 Å². The summed E-state index contributed by atoms with van der Waals surface area (Å²) < 4.78 is 21.0. The summed E-state index contributed by atoms with van der Waals surface area (Å²) in [4.78, 5) is 13.8. The molecule has 0 aliphatic heterocycles. The number of rotatable bonds is 8. The van der Waals surface area contributed by atoms with Crippen molar-refractivity contribution in [3.63, 3.8) is 0 Å². The van der Waals surface area contributed by atoms with Crippen LogP contribution in [0, 0.1) is 20.8 Å². The van der Waals surface area contributed by atoms with Crippen LogP contribution < -0.4 is 5.30 Å². The van der Waals surface area contributed by atoms with E-state index < -0.39 is 23.8 Å². The molecular formula is C22H32ClO3PSi2. The van der Waals surface area contributed by atoms with Crippen molar-refractivity contribution in [3.8, 4) is 0 Å². The largest absolute Gasteiger partial charge is 0.454 e. The van der Waals surface area contributed by atoms with E-state index in [2.05, 4.69) is 13.1 Å². The van der Waals surface area contributed by atoms with E-state index in [-0.39, 0.29) is 11.3 Å². The van der Waals surface area contributed by atoms with Crippen LogP contribution in [0.2, 0.25) is 26.2 Å². The number of carbonyl (C=O) groups is 1. The highest BCUT2D eigenvalue weighted by Gasteiger charge is 2.44. The molecule has 2 rings (SSSR count). The molecule has 29 heavy (non-hydrogen) atoms. The van der Waals surface area contributed by atoms with Crippen LogP contribution in [0.15, 0.2) is 42.5 Å². The van der Waals surface area contributed by atoms with Crippen molar-refractivity contribution in [2.75, 3.05) is 11.3 Å². The lowest BCUT2D eigenvalue weighted by Gasteiger charge is -2.35. The Bertz CT molecular complexity index is 919. The Morgan fingerprint density at radius 1 is 0.966 bits per heavy atom. The molecule has 1 unspecified atom stereocenters. The summed E-state index contributed by atoms with van der Waals surface area (Å²) in [5, 5.41) is 0.610. The van der Waals surface area contributed by atoms with E-state index in [1.807, 2.05) is 76.3 Å². The van der Waals surface area contributed by atoms with Crippen LogP contribution in [0.25, 0.3) is 0 Å². The Labute approximate surface area is 182 Å². The van der Waals surface area contributed by atoms with Gasteiger partial charge in [0.2, 0.25) is 5.52 Å². The van der Waals surface area contributed by atoms with Gasteiger partial charge in [-0.15, -0.1) is 11.6 Å². The van der Waals surface area contributed by atoms with Crippen LogP contribution in [0.3, 0.4) is 0 Å². The van der Waals surface area contributed by atoms with E-state index in [0.29, 0.717) is 16.4 Å². The number of aryl methyl sites for hydroxylation is 3. The van der Waals surface area contributed by atoms with E-state index in [9.17, 15) is 9.36 Å². The van der Waals surface area contributed by atoms with Crippen LogP contribution in [0.5, 0.6) is 0 Å². The number of halogens is 1. The summed E-state index contributed by atoms with van der Waals surface area (Å²) in [7, 11) is -7.88. The first-order valence-corrected chi connectivity index (χ1v) is 18.5. The van der Waals surface area contributed by atoms with E-state index in [1.165, 1.54) is 0 Å². The van der Waals surface area contributed by atoms with E-state index in [0.717, 1.165) is 16.7 Å². The van der Waals surface area contributed by atoms with Crippen molar-refractivity contribution in [3.05, 3.63) is 64.7 Å². The summed E-state index contributed by atoms with van der Waals surface area (Å²) in [6, 6.07) is 13.2. The maximum atomic E-state index is 14.5. The molecule has 0 saturated carbocycles. The van der Waals surface area contributed by atoms with Gasteiger partial charge in [-0.3, -0.25) is 4.79 Å². The fourth-order valence-corrected chi connectivity index (χ4v) is 18.7. The van der Waals surface area contributed by atoms with Crippen LogP contribution in [-0.4, -0.2) is 33.4 Å². The maximum absolute atomic E-state index is 14.5. The molecule has 2 aromatic carbocycles. The van der Waals surface area contributed by atoms with Crippen molar-refractivity contribution < 1.29 is 13.5 Å². The lowest BCUT2D eigenvalue weighted by atomic mass is 10.0. The quantitative estimate of drug-likeness (QED) is 0.265. The molecule has 0 radical (unpaired) electrons. The molecule has 7 heteroatoms. The Balaban J connectivity index is 2.59. The van der Waals surface area contributed by atoms with Crippen LogP contribution in [-0.2, 0) is 8.68 Å². The van der Waals surface area contributed by atoms with Gasteiger partial charge in [-0.05, 0) is 58.1 Å². The molecule has 2 aromatic rings. The summed E-state index contributed by atoms with van der Waals surface area (Å²) in [6.07, 6.45) is 0. The zero-order valence-electron chi connectivity index (χ0n) is 18.5. The third kappa shape index (κ3) is 5.80. The average molecular weight is 467 g/mol. The van der Waals surface area contributed by atoms with Gasteiger partial charge in [0.1, 0.15) is 0 Å². The molecule has 0 saturated heterocycles. The predicted molar refractivity (Wildman–Crippen MR) is 130 cm³/mol. The number of alkyl halides is 1. The SMILES string of the molecule is Cc1cc(C)c(C(=O)P(=O)(C[Si](C)(C)O[Si](C)(C)CCl)c2ccccc2)c(C)c1. The van der Waals surface area contributed by atoms with E-state index in [4.69, 9.17) is 15.7 Å². The smallest absolute Gasteiger partial charge is 0.226 e. The van der Waals surface area contributed by atoms with Gasteiger partial charge in [0.05, 0.1) is 0 Å². The minimum Gasteiger partial charge on any atom is -0.454 e. The Kier molecular flexibility index (Phi) is 7.56. The molecular weight excluding hydrogens is 435 g/mol. The Morgan fingerprint density at radius 3 is 1.97 bits per heavy atom. The molecule has 0 aliphatic carbocycles. The fraction of sp³-hybridized carbons (Fsp3) is 0.409. The summed E-state index contributed by atoms with van der Waals surface area (Å²) in [5.41, 5.74) is 3.65. The average Bonchev–Trinajstić information content (AvgIpc) is 2.60. The van der Waals surface area contributed by atoms with E-state index >= 15 is 0 Å². The zero-order chi connectivity index (χ0) is 22.0. The summed E-state index contributed by atoms with van der Waals surface area (Å²) in [5.74, 6) is 0.281. The Morgan fingerprint density at radius 2 is 1.48 bits per heavy atom. The lowest BCUT2D eigenvalue weighted by Crippen LogP contribution is -2.49. The number of hydrogen-bond acceptors (Lipinski definition) is 3. The minimum atomic E-state index is -3.39. The second-order valence-electron chi connectivity index (χ2n) is 9.07. The number of benzene rings is 2. The highest BCUT2D eigenvalue weighted by molar-refractivity contribution is 7.89. The third-order valence-electron chi connectivity index (χ3n) is 4.87. The van der Waals surface area contributed by atoms with Crippen LogP contribution in [0.4, 0.5) is 0 Å². The third-order valence-corrected chi connectivity index (χ3v) is 18.7. The first-order chi connectivity index (χ1) is 13.3. The van der Waals surface area contributed by atoms with Gasteiger partial charge in [0, 0.05) is 22.2 Å². The van der Waals surface area contributed by atoms with Crippen LogP contribution in [0.1, 0.15) is 27.0 Å². The van der Waals surface area contributed by atoms with Gasteiger partial charge in [0.15, 0.2) is 23.8 Å². The standard InChI is InChI=1S/C22H32ClO3PSi2/c1-17-13-18(2)21(19(3)14-17)22(24)27(25,20-11-9-8-10-12-20)16-29(6,7)26-28(4,5)15-23/h8-14H,15-16H2,1-7H3. The van der Waals surface area contributed by atoms with Crippen molar-refractivity contribution in [1.29, 1.82) is 0 Å². The molecule has 0 heterocycles. The molecule has 0 fully saturated rings. The molecule has 0 aromatic heterocycles. The molecule has 0 bridgehead atoms. The van der Waals surface area contributed by atoms with Crippen molar-refractivity contribution in [2.45, 2.75) is 47.0 Å². The molecule has 3 nitrogen and oxygen atoms in total.